The SMILES string of the molecule is O=C1CC2(CCN(C(=O)Cn3cccnc3=O)C2)Oc2ccccc21. The number of aromatic nitrogens is 2. The minimum Gasteiger partial charge on any atom is -0.484 e. The van der Waals surface area contributed by atoms with Gasteiger partial charge in [0.2, 0.25) is 5.91 Å². The molecule has 1 unspecified atom stereocenters. The number of hydrogen-bond acceptors (Lipinski definition) is 5. The van der Waals surface area contributed by atoms with Crippen molar-refractivity contribution in [2.24, 2.45) is 0 Å². The Morgan fingerprint density at radius 2 is 2.08 bits per heavy atom. The molecule has 1 aromatic heterocycles. The van der Waals surface area contributed by atoms with Crippen LogP contribution in [-0.2, 0) is 11.3 Å². The Labute approximate surface area is 143 Å². The average Bonchev–Trinajstić information content (AvgIpc) is 3.00. The number of nitrogens with zero attached hydrogens (tertiary/aromatic N) is 3. The van der Waals surface area contributed by atoms with Crippen LogP contribution in [-0.4, -0.2) is 44.8 Å². The molecule has 1 aromatic carbocycles. The number of fused-ring (bicyclic) bond motifs is 1. The highest BCUT2D eigenvalue weighted by atomic mass is 16.5. The van der Waals surface area contributed by atoms with Crippen LogP contribution in [0.1, 0.15) is 23.2 Å². The summed E-state index contributed by atoms with van der Waals surface area (Å²) in [6.07, 6.45) is 3.80. The highest BCUT2D eigenvalue weighted by Crippen LogP contribution is 2.38. The Bertz CT molecular complexity index is 907. The average molecular weight is 339 g/mol. The molecule has 7 nitrogen and oxygen atoms in total. The van der Waals surface area contributed by atoms with E-state index in [4.69, 9.17) is 4.74 Å². The maximum atomic E-state index is 12.5. The van der Waals surface area contributed by atoms with Crippen molar-refractivity contribution < 1.29 is 14.3 Å². The molecule has 0 radical (unpaired) electrons. The second-order valence-corrected chi connectivity index (χ2v) is 6.48. The predicted octanol–water partition coefficient (Wildman–Crippen LogP) is 0.880. The number of hydrogen-bond donors (Lipinski definition) is 0. The molecule has 1 spiro atoms. The van der Waals surface area contributed by atoms with Gasteiger partial charge < -0.3 is 9.64 Å². The minimum atomic E-state index is -0.666. The molecule has 7 heteroatoms. The zero-order chi connectivity index (χ0) is 17.4. The summed E-state index contributed by atoms with van der Waals surface area (Å²) in [5, 5.41) is 0. The molecule has 1 atom stereocenters. The lowest BCUT2D eigenvalue weighted by molar-refractivity contribution is -0.131. The van der Waals surface area contributed by atoms with Crippen molar-refractivity contribution in [1.29, 1.82) is 0 Å². The Balaban J connectivity index is 1.50. The summed E-state index contributed by atoms with van der Waals surface area (Å²) < 4.78 is 7.38. The van der Waals surface area contributed by atoms with Gasteiger partial charge in [0.15, 0.2) is 5.78 Å². The van der Waals surface area contributed by atoms with Crippen LogP contribution in [0.5, 0.6) is 5.75 Å². The molecule has 1 amide bonds. The van der Waals surface area contributed by atoms with E-state index in [1.807, 2.05) is 12.1 Å². The quantitative estimate of drug-likeness (QED) is 0.811. The smallest absolute Gasteiger partial charge is 0.347 e. The van der Waals surface area contributed by atoms with Gasteiger partial charge in [-0.3, -0.25) is 14.2 Å². The van der Waals surface area contributed by atoms with E-state index in [2.05, 4.69) is 4.98 Å². The molecule has 1 fully saturated rings. The lowest BCUT2D eigenvalue weighted by Crippen LogP contribution is -2.46. The summed E-state index contributed by atoms with van der Waals surface area (Å²) in [5.74, 6) is 0.443. The van der Waals surface area contributed by atoms with Crippen molar-refractivity contribution in [3.05, 3.63) is 58.8 Å². The predicted molar refractivity (Wildman–Crippen MR) is 88.4 cm³/mol. The van der Waals surface area contributed by atoms with Crippen LogP contribution in [0.4, 0.5) is 0 Å². The third-order valence-electron chi connectivity index (χ3n) is 4.75. The van der Waals surface area contributed by atoms with Gasteiger partial charge in [-0.15, -0.1) is 0 Å². The second kappa shape index (κ2) is 5.84. The summed E-state index contributed by atoms with van der Waals surface area (Å²) in [4.78, 5) is 41.9. The normalized spacial score (nSPS) is 21.9. The van der Waals surface area contributed by atoms with Crippen LogP contribution in [0, 0.1) is 0 Å². The van der Waals surface area contributed by atoms with Crippen LogP contribution in [0.15, 0.2) is 47.5 Å². The molecule has 0 aliphatic carbocycles. The van der Waals surface area contributed by atoms with Crippen LogP contribution < -0.4 is 10.4 Å². The molecule has 3 heterocycles. The van der Waals surface area contributed by atoms with Crippen LogP contribution in [0.25, 0.3) is 0 Å². The number of carbonyl (C=O) groups is 2. The minimum absolute atomic E-state index is 0.0413. The van der Waals surface area contributed by atoms with Crippen LogP contribution >= 0.6 is 0 Å². The molecule has 4 rings (SSSR count). The molecule has 2 aliphatic rings. The number of Topliss-reactive ketones (excluding diaryl/α,β-unsaturated/α-hetero) is 1. The number of carbonyl (C=O) groups excluding carboxylic acids is 2. The van der Waals surface area contributed by atoms with Gasteiger partial charge in [0.05, 0.1) is 18.5 Å². The number of ketones is 1. The topological polar surface area (TPSA) is 81.5 Å². The van der Waals surface area contributed by atoms with Crippen molar-refractivity contribution in [3.63, 3.8) is 0 Å². The number of ether oxygens (including phenoxy) is 1. The highest BCUT2D eigenvalue weighted by Gasteiger charge is 2.46. The molecule has 0 bridgehead atoms. The first-order valence-electron chi connectivity index (χ1n) is 8.17. The lowest BCUT2D eigenvalue weighted by atomic mass is 9.89. The Hall–Kier alpha value is -2.96. The van der Waals surface area contributed by atoms with Crippen molar-refractivity contribution in [3.8, 4) is 5.75 Å². The van der Waals surface area contributed by atoms with Crippen molar-refractivity contribution >= 4 is 11.7 Å². The number of rotatable bonds is 2. The number of para-hydroxylation sites is 1. The molecule has 128 valence electrons. The van der Waals surface area contributed by atoms with Crippen LogP contribution in [0.2, 0.25) is 0 Å². The Kier molecular flexibility index (Phi) is 3.63. The zero-order valence-electron chi connectivity index (χ0n) is 13.6. The van der Waals surface area contributed by atoms with Gasteiger partial charge in [0.1, 0.15) is 17.9 Å². The van der Waals surface area contributed by atoms with E-state index < -0.39 is 11.3 Å². The van der Waals surface area contributed by atoms with Gasteiger partial charge in [0.25, 0.3) is 0 Å². The zero-order valence-corrected chi connectivity index (χ0v) is 13.6. The summed E-state index contributed by atoms with van der Waals surface area (Å²) in [7, 11) is 0. The van der Waals surface area contributed by atoms with Gasteiger partial charge in [-0.25, -0.2) is 9.78 Å². The van der Waals surface area contributed by atoms with E-state index in [1.165, 1.54) is 17.0 Å². The van der Waals surface area contributed by atoms with E-state index in [0.29, 0.717) is 30.8 Å². The lowest BCUT2D eigenvalue weighted by Gasteiger charge is -2.34. The maximum absolute atomic E-state index is 12.5. The second-order valence-electron chi connectivity index (χ2n) is 6.48. The summed E-state index contributed by atoms with van der Waals surface area (Å²) in [5.41, 5.74) is -0.524. The van der Waals surface area contributed by atoms with Gasteiger partial charge in [0, 0.05) is 25.4 Å². The standard InChI is InChI=1S/C18H17N3O4/c22-14-10-18(25-15-5-2-1-4-13(14)15)6-9-21(12-18)16(23)11-20-8-3-7-19-17(20)24/h1-5,7-8H,6,9-12H2. The molecule has 0 N–H and O–H groups in total. The first-order valence-corrected chi connectivity index (χ1v) is 8.17. The van der Waals surface area contributed by atoms with Crippen molar-refractivity contribution in [2.45, 2.75) is 25.0 Å². The van der Waals surface area contributed by atoms with Gasteiger partial charge in [-0.1, -0.05) is 12.1 Å². The molecule has 2 aliphatic heterocycles. The van der Waals surface area contributed by atoms with E-state index in [9.17, 15) is 14.4 Å². The molecule has 1 saturated heterocycles. The third-order valence-corrected chi connectivity index (χ3v) is 4.75. The molecular formula is C18H17N3O4. The van der Waals surface area contributed by atoms with Crippen LogP contribution in [0.3, 0.4) is 0 Å². The van der Waals surface area contributed by atoms with E-state index in [-0.39, 0.29) is 24.7 Å². The molecule has 25 heavy (non-hydrogen) atoms. The van der Waals surface area contributed by atoms with Gasteiger partial charge in [-0.2, -0.15) is 0 Å². The van der Waals surface area contributed by atoms with E-state index in [1.54, 1.807) is 23.1 Å². The first-order chi connectivity index (χ1) is 12.1. The molecular weight excluding hydrogens is 322 g/mol. The van der Waals surface area contributed by atoms with Gasteiger partial charge in [-0.05, 0) is 18.2 Å². The largest absolute Gasteiger partial charge is 0.484 e. The maximum Gasteiger partial charge on any atom is 0.347 e. The van der Waals surface area contributed by atoms with E-state index in [0.717, 1.165) is 0 Å². The summed E-state index contributed by atoms with van der Waals surface area (Å²) in [6.45, 7) is 0.789. The molecule has 2 aromatic rings. The summed E-state index contributed by atoms with van der Waals surface area (Å²) in [6, 6.07) is 8.80. The fourth-order valence-corrected chi connectivity index (χ4v) is 3.48. The number of benzene rings is 1. The molecule has 0 saturated carbocycles. The number of likely N-dealkylation sites (tertiary alicyclic amines) is 1. The Morgan fingerprint density at radius 1 is 1.24 bits per heavy atom. The number of amides is 1. The summed E-state index contributed by atoms with van der Waals surface area (Å²) >= 11 is 0. The first kappa shape index (κ1) is 15.6. The monoisotopic (exact) mass is 339 g/mol. The van der Waals surface area contributed by atoms with Crippen molar-refractivity contribution in [2.75, 3.05) is 13.1 Å². The Morgan fingerprint density at radius 3 is 2.92 bits per heavy atom. The van der Waals surface area contributed by atoms with E-state index >= 15 is 0 Å². The highest BCUT2D eigenvalue weighted by molar-refractivity contribution is 6.00. The fourth-order valence-electron chi connectivity index (χ4n) is 3.48. The van der Waals surface area contributed by atoms with Crippen molar-refractivity contribution in [1.82, 2.24) is 14.5 Å². The fraction of sp³-hybridized carbons (Fsp3) is 0.333. The third kappa shape index (κ3) is 2.82. The van der Waals surface area contributed by atoms with Gasteiger partial charge >= 0.3 is 5.69 Å².